The molecule has 0 saturated heterocycles. The number of hydrogen-bond acceptors (Lipinski definition) is 4. The van der Waals surface area contributed by atoms with E-state index in [-0.39, 0.29) is 6.61 Å². The number of hydrogen-bond donors (Lipinski definition) is 2. The van der Waals surface area contributed by atoms with Crippen molar-refractivity contribution < 1.29 is 14.6 Å². The van der Waals surface area contributed by atoms with Gasteiger partial charge in [-0.15, -0.1) is 0 Å². The number of nitrogens with one attached hydrogen (secondary N) is 1. The van der Waals surface area contributed by atoms with E-state index in [1.807, 2.05) is 42.5 Å². The van der Waals surface area contributed by atoms with Crippen LogP contribution in [0.25, 0.3) is 10.8 Å². The minimum absolute atomic E-state index is 0.272. The fraction of sp³-hybridized carbons (Fsp3) is 0.375. The minimum atomic E-state index is -0.536. The number of benzene rings is 2. The Hall–Kier alpha value is -1.62. The number of fused-ring (bicyclic) bond motifs is 1. The third-order valence-electron chi connectivity index (χ3n) is 3.04. The van der Waals surface area contributed by atoms with E-state index in [0.29, 0.717) is 13.2 Å². The fourth-order valence-electron chi connectivity index (χ4n) is 2.01. The van der Waals surface area contributed by atoms with Crippen molar-refractivity contribution in [1.82, 2.24) is 5.32 Å². The average molecular weight is 275 g/mol. The Balaban J connectivity index is 1.86. The molecule has 2 rings (SSSR count). The summed E-state index contributed by atoms with van der Waals surface area (Å²) in [6, 6.07) is 14.0. The van der Waals surface area contributed by atoms with Gasteiger partial charge < -0.3 is 19.9 Å². The van der Waals surface area contributed by atoms with Crippen molar-refractivity contribution in [3.8, 4) is 5.75 Å². The predicted octanol–water partition coefficient (Wildman–Crippen LogP) is 1.82. The SMILES string of the molecule is COCCNC[C@H](O)COc1cccc2ccccc12. The molecule has 0 fully saturated rings. The van der Waals surface area contributed by atoms with Gasteiger partial charge in [0.15, 0.2) is 0 Å². The lowest BCUT2D eigenvalue weighted by Gasteiger charge is -2.14. The molecule has 4 nitrogen and oxygen atoms in total. The van der Waals surface area contributed by atoms with Gasteiger partial charge in [0.05, 0.1) is 6.61 Å². The molecule has 1 atom stereocenters. The van der Waals surface area contributed by atoms with Gasteiger partial charge in [-0.05, 0) is 11.5 Å². The summed E-state index contributed by atoms with van der Waals surface area (Å²) < 4.78 is 10.6. The topological polar surface area (TPSA) is 50.7 Å². The van der Waals surface area contributed by atoms with Crippen LogP contribution in [0.3, 0.4) is 0 Å². The van der Waals surface area contributed by atoms with Gasteiger partial charge in [0.2, 0.25) is 0 Å². The molecule has 108 valence electrons. The lowest BCUT2D eigenvalue weighted by Crippen LogP contribution is -2.33. The highest BCUT2D eigenvalue weighted by molar-refractivity contribution is 5.88. The molecule has 0 aliphatic heterocycles. The Morgan fingerprint density at radius 1 is 1.15 bits per heavy atom. The van der Waals surface area contributed by atoms with Crippen LogP contribution in [0, 0.1) is 0 Å². The van der Waals surface area contributed by atoms with E-state index < -0.39 is 6.10 Å². The maximum atomic E-state index is 9.85. The lowest BCUT2D eigenvalue weighted by molar-refractivity contribution is 0.104. The standard InChI is InChI=1S/C16H21NO3/c1-19-10-9-17-11-14(18)12-20-16-8-4-6-13-5-2-3-7-15(13)16/h2-8,14,17-18H,9-12H2,1H3/t14-/m0/s1. The number of aliphatic hydroxyl groups excluding tert-OH is 1. The molecule has 0 saturated carbocycles. The van der Waals surface area contributed by atoms with E-state index in [4.69, 9.17) is 9.47 Å². The summed E-state index contributed by atoms with van der Waals surface area (Å²) in [6.45, 7) is 2.13. The highest BCUT2D eigenvalue weighted by atomic mass is 16.5. The van der Waals surface area contributed by atoms with Crippen molar-refractivity contribution >= 4 is 10.8 Å². The van der Waals surface area contributed by atoms with E-state index in [1.54, 1.807) is 7.11 Å². The van der Waals surface area contributed by atoms with Crippen LogP contribution in [0.15, 0.2) is 42.5 Å². The molecular formula is C16H21NO3. The van der Waals surface area contributed by atoms with Crippen molar-refractivity contribution in [3.05, 3.63) is 42.5 Å². The molecule has 0 aromatic heterocycles. The lowest BCUT2D eigenvalue weighted by atomic mass is 10.1. The van der Waals surface area contributed by atoms with E-state index in [2.05, 4.69) is 5.32 Å². The number of rotatable bonds is 8. The first-order chi connectivity index (χ1) is 9.81. The Bertz CT molecular complexity index is 525. The van der Waals surface area contributed by atoms with Crippen LogP contribution in [0.1, 0.15) is 0 Å². The largest absolute Gasteiger partial charge is 0.490 e. The van der Waals surface area contributed by atoms with E-state index in [0.717, 1.165) is 23.1 Å². The monoisotopic (exact) mass is 275 g/mol. The third-order valence-corrected chi connectivity index (χ3v) is 3.04. The van der Waals surface area contributed by atoms with Crippen LogP contribution in [0.2, 0.25) is 0 Å². The van der Waals surface area contributed by atoms with Crippen molar-refractivity contribution in [2.45, 2.75) is 6.10 Å². The molecule has 0 amide bonds. The molecule has 0 radical (unpaired) electrons. The van der Waals surface area contributed by atoms with E-state index in [9.17, 15) is 5.11 Å². The summed E-state index contributed by atoms with van der Waals surface area (Å²) in [5.74, 6) is 0.805. The van der Waals surface area contributed by atoms with Crippen LogP contribution in [0.4, 0.5) is 0 Å². The summed E-state index contributed by atoms with van der Waals surface area (Å²) in [6.07, 6.45) is -0.536. The summed E-state index contributed by atoms with van der Waals surface area (Å²) in [5, 5.41) is 15.2. The zero-order chi connectivity index (χ0) is 14.2. The van der Waals surface area contributed by atoms with E-state index in [1.165, 1.54) is 0 Å². The van der Waals surface area contributed by atoms with Crippen LogP contribution in [-0.2, 0) is 4.74 Å². The van der Waals surface area contributed by atoms with Gasteiger partial charge in [-0.2, -0.15) is 0 Å². The van der Waals surface area contributed by atoms with Crippen LogP contribution in [0.5, 0.6) is 5.75 Å². The predicted molar refractivity (Wildman–Crippen MR) is 80.2 cm³/mol. The maximum absolute atomic E-state index is 9.85. The summed E-state index contributed by atoms with van der Waals surface area (Å²) in [5.41, 5.74) is 0. The molecule has 0 aliphatic rings. The second-order valence-corrected chi connectivity index (χ2v) is 4.64. The van der Waals surface area contributed by atoms with Crippen molar-refractivity contribution in [3.63, 3.8) is 0 Å². The first-order valence-corrected chi connectivity index (χ1v) is 6.79. The molecule has 4 heteroatoms. The average Bonchev–Trinajstić information content (AvgIpc) is 2.49. The second-order valence-electron chi connectivity index (χ2n) is 4.64. The molecule has 0 unspecified atom stereocenters. The van der Waals surface area contributed by atoms with Crippen molar-refractivity contribution in [2.24, 2.45) is 0 Å². The molecular weight excluding hydrogens is 254 g/mol. The molecule has 20 heavy (non-hydrogen) atoms. The van der Waals surface area contributed by atoms with Gasteiger partial charge in [0.1, 0.15) is 18.5 Å². The third kappa shape index (κ3) is 4.20. The summed E-state index contributed by atoms with van der Waals surface area (Å²) >= 11 is 0. The van der Waals surface area contributed by atoms with Crippen LogP contribution < -0.4 is 10.1 Å². The normalized spacial score (nSPS) is 12.5. The first-order valence-electron chi connectivity index (χ1n) is 6.79. The minimum Gasteiger partial charge on any atom is -0.490 e. The van der Waals surface area contributed by atoms with Crippen molar-refractivity contribution in [2.75, 3.05) is 33.4 Å². The molecule has 2 aromatic carbocycles. The van der Waals surface area contributed by atoms with E-state index >= 15 is 0 Å². The molecule has 0 heterocycles. The van der Waals surface area contributed by atoms with Gasteiger partial charge in [0.25, 0.3) is 0 Å². The van der Waals surface area contributed by atoms with Gasteiger partial charge in [-0.25, -0.2) is 0 Å². The zero-order valence-corrected chi connectivity index (χ0v) is 11.7. The number of methoxy groups -OCH3 is 1. The summed E-state index contributed by atoms with van der Waals surface area (Å²) in [7, 11) is 1.65. The molecule has 2 N–H and O–H groups in total. The first kappa shape index (κ1) is 14.8. The molecule has 0 bridgehead atoms. The Morgan fingerprint density at radius 2 is 1.95 bits per heavy atom. The van der Waals surface area contributed by atoms with Crippen LogP contribution in [-0.4, -0.2) is 44.6 Å². The summed E-state index contributed by atoms with van der Waals surface area (Å²) in [4.78, 5) is 0. The second kappa shape index (κ2) is 7.85. The Labute approximate surface area is 119 Å². The quantitative estimate of drug-likeness (QED) is 0.722. The smallest absolute Gasteiger partial charge is 0.127 e. The fourth-order valence-corrected chi connectivity index (χ4v) is 2.01. The van der Waals surface area contributed by atoms with Gasteiger partial charge in [-0.3, -0.25) is 0 Å². The number of ether oxygens (including phenoxy) is 2. The van der Waals surface area contributed by atoms with Gasteiger partial charge in [-0.1, -0.05) is 36.4 Å². The highest BCUT2D eigenvalue weighted by Crippen LogP contribution is 2.25. The van der Waals surface area contributed by atoms with Gasteiger partial charge in [0, 0.05) is 25.6 Å². The molecule has 0 aliphatic carbocycles. The van der Waals surface area contributed by atoms with Crippen LogP contribution >= 0.6 is 0 Å². The van der Waals surface area contributed by atoms with Gasteiger partial charge >= 0.3 is 0 Å². The Kier molecular flexibility index (Phi) is 5.80. The van der Waals surface area contributed by atoms with Crippen molar-refractivity contribution in [1.29, 1.82) is 0 Å². The molecule has 0 spiro atoms. The highest BCUT2D eigenvalue weighted by Gasteiger charge is 2.06. The maximum Gasteiger partial charge on any atom is 0.127 e. The number of aliphatic hydroxyl groups is 1. The zero-order valence-electron chi connectivity index (χ0n) is 11.7. The molecule has 2 aromatic rings. The Morgan fingerprint density at radius 3 is 2.80 bits per heavy atom.